The minimum atomic E-state index is -0.411. The van der Waals surface area contributed by atoms with Gasteiger partial charge in [0.1, 0.15) is 0 Å². The van der Waals surface area contributed by atoms with Crippen molar-refractivity contribution in [1.82, 2.24) is 9.80 Å². The van der Waals surface area contributed by atoms with Gasteiger partial charge in [0, 0.05) is 32.8 Å². The smallest absolute Gasteiger partial charge is 0.239 e. The Morgan fingerprint density at radius 2 is 2.06 bits per heavy atom. The third-order valence-electron chi connectivity index (χ3n) is 3.46. The van der Waals surface area contributed by atoms with Gasteiger partial charge in [0.2, 0.25) is 5.91 Å². The maximum Gasteiger partial charge on any atom is 0.239 e. The molecular weight excluding hydrogens is 218 g/mol. The highest BCUT2D eigenvalue weighted by Gasteiger charge is 2.26. The molecule has 1 aliphatic rings. The lowest BCUT2D eigenvalue weighted by molar-refractivity contribution is -0.134. The van der Waals surface area contributed by atoms with Crippen molar-refractivity contribution in [3.05, 3.63) is 0 Å². The Hall–Kier alpha value is -0.650. The molecule has 1 saturated heterocycles. The van der Waals surface area contributed by atoms with Gasteiger partial charge in [0.25, 0.3) is 0 Å². The summed E-state index contributed by atoms with van der Waals surface area (Å²) < 4.78 is 4.94. The molecule has 5 heteroatoms. The van der Waals surface area contributed by atoms with E-state index in [4.69, 9.17) is 10.5 Å². The van der Waals surface area contributed by atoms with Crippen LogP contribution < -0.4 is 5.73 Å². The third kappa shape index (κ3) is 4.26. The van der Waals surface area contributed by atoms with Crippen molar-refractivity contribution >= 4 is 5.91 Å². The Bertz CT molecular complexity index is 238. The normalized spacial score (nSPS) is 19.7. The maximum absolute atomic E-state index is 12.0. The van der Waals surface area contributed by atoms with Gasteiger partial charge in [-0.15, -0.1) is 0 Å². The Labute approximate surface area is 104 Å². The lowest BCUT2D eigenvalue weighted by atomic mass is 10.0. The molecule has 17 heavy (non-hydrogen) atoms. The van der Waals surface area contributed by atoms with Crippen molar-refractivity contribution in [1.29, 1.82) is 0 Å². The monoisotopic (exact) mass is 243 g/mol. The molecule has 1 aliphatic heterocycles. The Morgan fingerprint density at radius 3 is 2.53 bits per heavy atom. The van der Waals surface area contributed by atoms with Gasteiger partial charge in [-0.1, -0.05) is 0 Å². The van der Waals surface area contributed by atoms with Gasteiger partial charge in [-0.2, -0.15) is 0 Å². The number of nitrogens with zero attached hydrogens (tertiary/aromatic N) is 2. The largest absolute Gasteiger partial charge is 0.385 e. The van der Waals surface area contributed by atoms with Crippen molar-refractivity contribution in [2.24, 2.45) is 5.73 Å². The van der Waals surface area contributed by atoms with Crippen molar-refractivity contribution in [2.75, 3.05) is 40.9 Å². The van der Waals surface area contributed by atoms with Crippen LogP contribution in [-0.2, 0) is 9.53 Å². The van der Waals surface area contributed by atoms with Crippen LogP contribution in [0.1, 0.15) is 19.3 Å². The van der Waals surface area contributed by atoms with Crippen molar-refractivity contribution < 1.29 is 9.53 Å². The molecule has 0 spiro atoms. The molecule has 0 aromatic rings. The maximum atomic E-state index is 12.0. The summed E-state index contributed by atoms with van der Waals surface area (Å²) in [6.45, 7) is 2.19. The molecule has 1 atom stereocenters. The fourth-order valence-corrected chi connectivity index (χ4v) is 2.21. The second kappa shape index (κ2) is 6.93. The standard InChI is InChI=1S/C12H25N3O2/c1-14(2)10-4-7-15(8-5-10)12(16)11(13)6-9-17-3/h10-11H,4-9,13H2,1-3H3. The van der Waals surface area contributed by atoms with E-state index in [2.05, 4.69) is 19.0 Å². The Kier molecular flexibility index (Phi) is 5.88. The van der Waals surface area contributed by atoms with E-state index in [-0.39, 0.29) is 5.91 Å². The molecule has 0 radical (unpaired) electrons. The average molecular weight is 243 g/mol. The quantitative estimate of drug-likeness (QED) is 0.733. The predicted molar refractivity (Wildman–Crippen MR) is 67.8 cm³/mol. The number of carbonyl (C=O) groups is 1. The summed E-state index contributed by atoms with van der Waals surface area (Å²) in [4.78, 5) is 16.1. The zero-order valence-electron chi connectivity index (χ0n) is 11.2. The van der Waals surface area contributed by atoms with Gasteiger partial charge < -0.3 is 20.3 Å². The van der Waals surface area contributed by atoms with Crippen molar-refractivity contribution in [3.63, 3.8) is 0 Å². The number of piperidine rings is 1. The van der Waals surface area contributed by atoms with E-state index in [9.17, 15) is 4.79 Å². The fourth-order valence-electron chi connectivity index (χ4n) is 2.21. The van der Waals surface area contributed by atoms with Gasteiger partial charge in [0.05, 0.1) is 6.04 Å². The van der Waals surface area contributed by atoms with Gasteiger partial charge >= 0.3 is 0 Å². The number of ether oxygens (including phenoxy) is 1. The van der Waals surface area contributed by atoms with E-state index in [1.165, 1.54) is 0 Å². The van der Waals surface area contributed by atoms with Gasteiger partial charge in [-0.05, 0) is 33.4 Å². The topological polar surface area (TPSA) is 58.8 Å². The van der Waals surface area contributed by atoms with E-state index in [0.29, 0.717) is 19.1 Å². The highest BCUT2D eigenvalue weighted by molar-refractivity contribution is 5.81. The van der Waals surface area contributed by atoms with E-state index < -0.39 is 6.04 Å². The van der Waals surface area contributed by atoms with Crippen LogP contribution in [0.25, 0.3) is 0 Å². The highest BCUT2D eigenvalue weighted by atomic mass is 16.5. The summed E-state index contributed by atoms with van der Waals surface area (Å²) in [6, 6.07) is 0.181. The summed E-state index contributed by atoms with van der Waals surface area (Å²) in [7, 11) is 5.80. The molecule has 100 valence electrons. The SMILES string of the molecule is COCCC(N)C(=O)N1CCC(N(C)C)CC1. The molecule has 1 rings (SSSR count). The third-order valence-corrected chi connectivity index (χ3v) is 3.46. The fraction of sp³-hybridized carbons (Fsp3) is 0.917. The summed E-state index contributed by atoms with van der Waals surface area (Å²) in [5, 5.41) is 0. The molecule has 1 unspecified atom stereocenters. The van der Waals surface area contributed by atoms with Crippen LogP contribution >= 0.6 is 0 Å². The summed E-state index contributed by atoms with van der Waals surface area (Å²) in [5.74, 6) is 0.0688. The van der Waals surface area contributed by atoms with Crippen LogP contribution in [0.15, 0.2) is 0 Å². The molecule has 1 fully saturated rings. The second-order valence-corrected chi connectivity index (χ2v) is 4.91. The lowest BCUT2D eigenvalue weighted by Crippen LogP contribution is -2.50. The molecule has 0 saturated carbocycles. The summed E-state index contributed by atoms with van der Waals surface area (Å²) in [6.07, 6.45) is 2.68. The molecule has 0 bridgehead atoms. The first kappa shape index (κ1) is 14.4. The zero-order chi connectivity index (χ0) is 12.8. The number of amides is 1. The highest BCUT2D eigenvalue weighted by Crippen LogP contribution is 2.15. The van der Waals surface area contributed by atoms with Crippen molar-refractivity contribution in [3.8, 4) is 0 Å². The van der Waals surface area contributed by atoms with Gasteiger partial charge in [-0.25, -0.2) is 0 Å². The number of rotatable bonds is 5. The van der Waals surface area contributed by atoms with Gasteiger partial charge in [-0.3, -0.25) is 4.79 Å². The van der Waals surface area contributed by atoms with Gasteiger partial charge in [0.15, 0.2) is 0 Å². The molecule has 1 amide bonds. The van der Waals surface area contributed by atoms with E-state index in [1.54, 1.807) is 7.11 Å². The lowest BCUT2D eigenvalue weighted by Gasteiger charge is -2.36. The molecule has 2 N–H and O–H groups in total. The van der Waals surface area contributed by atoms with Crippen LogP contribution in [0, 0.1) is 0 Å². The summed E-state index contributed by atoms with van der Waals surface area (Å²) in [5.41, 5.74) is 5.85. The second-order valence-electron chi connectivity index (χ2n) is 4.91. The number of nitrogens with two attached hydrogens (primary N) is 1. The zero-order valence-corrected chi connectivity index (χ0v) is 11.2. The molecule has 5 nitrogen and oxygen atoms in total. The Balaban J connectivity index is 2.35. The van der Waals surface area contributed by atoms with Crippen LogP contribution in [0.3, 0.4) is 0 Å². The van der Waals surface area contributed by atoms with Crippen LogP contribution in [0.5, 0.6) is 0 Å². The number of hydrogen-bond acceptors (Lipinski definition) is 4. The molecule has 0 aliphatic carbocycles. The molecular formula is C12H25N3O2. The number of methoxy groups -OCH3 is 1. The first-order valence-corrected chi connectivity index (χ1v) is 6.26. The van der Waals surface area contributed by atoms with E-state index in [1.807, 2.05) is 4.90 Å². The van der Waals surface area contributed by atoms with Crippen LogP contribution in [-0.4, -0.2) is 68.7 Å². The molecule has 0 aromatic carbocycles. The number of hydrogen-bond donors (Lipinski definition) is 1. The minimum Gasteiger partial charge on any atom is -0.385 e. The molecule has 0 aromatic heterocycles. The van der Waals surface area contributed by atoms with E-state index >= 15 is 0 Å². The first-order valence-electron chi connectivity index (χ1n) is 6.26. The predicted octanol–water partition coefficient (Wildman–Crippen LogP) is -0.0972. The minimum absolute atomic E-state index is 0.0688. The van der Waals surface area contributed by atoms with Crippen LogP contribution in [0.2, 0.25) is 0 Å². The number of carbonyl (C=O) groups excluding carboxylic acids is 1. The first-order chi connectivity index (χ1) is 8.06. The Morgan fingerprint density at radius 1 is 1.47 bits per heavy atom. The average Bonchev–Trinajstić information content (AvgIpc) is 2.35. The number of likely N-dealkylation sites (tertiary alicyclic amines) is 1. The van der Waals surface area contributed by atoms with E-state index in [0.717, 1.165) is 25.9 Å². The van der Waals surface area contributed by atoms with Crippen molar-refractivity contribution in [2.45, 2.75) is 31.3 Å². The summed E-state index contributed by atoms with van der Waals surface area (Å²) >= 11 is 0. The van der Waals surface area contributed by atoms with Crippen LogP contribution in [0.4, 0.5) is 0 Å². The molecule has 1 heterocycles.